The lowest BCUT2D eigenvalue weighted by Gasteiger charge is -2.15. The van der Waals surface area contributed by atoms with Gasteiger partial charge in [0.1, 0.15) is 0 Å². The maximum atomic E-state index is 5.54. The molecule has 0 N–H and O–H groups in total. The maximum Gasteiger partial charge on any atom is 0.238 e. The first kappa shape index (κ1) is 38.1. The minimum absolute atomic E-state index is 0.550. The van der Waals surface area contributed by atoms with Crippen molar-refractivity contribution in [2.75, 3.05) is 0 Å². The average Bonchev–Trinajstić information content (AvgIpc) is 3.94. The summed E-state index contributed by atoms with van der Waals surface area (Å²) in [6.07, 6.45) is 0. The van der Waals surface area contributed by atoms with E-state index in [-0.39, 0.29) is 0 Å². The molecule has 5 heteroatoms. The highest BCUT2D eigenvalue weighted by atomic mass is 15.2. The highest BCUT2D eigenvalue weighted by Crippen LogP contribution is 2.43. The van der Waals surface area contributed by atoms with E-state index in [0.29, 0.717) is 17.6 Å². The fourth-order valence-corrected chi connectivity index (χ4v) is 10.6. The van der Waals surface area contributed by atoms with Crippen LogP contribution in [0.3, 0.4) is 0 Å². The highest BCUT2D eigenvalue weighted by Gasteiger charge is 2.24. The van der Waals surface area contributed by atoms with Crippen LogP contribution in [-0.4, -0.2) is 24.1 Å². The van der Waals surface area contributed by atoms with Gasteiger partial charge in [0.2, 0.25) is 5.95 Å². The van der Waals surface area contributed by atoms with E-state index in [1.54, 1.807) is 0 Å². The molecule has 5 nitrogen and oxygen atoms in total. The lowest BCUT2D eigenvalue weighted by molar-refractivity contribution is 0.953. The Bertz CT molecular complexity index is 4270. The molecule has 316 valence electrons. The zero-order chi connectivity index (χ0) is 44.7. The molecule has 3 aromatic heterocycles. The first-order chi connectivity index (χ1) is 33.7. The van der Waals surface area contributed by atoms with Gasteiger partial charge >= 0.3 is 0 Å². The number of benzene rings is 11. The quantitative estimate of drug-likeness (QED) is 0.156. The zero-order valence-corrected chi connectivity index (χ0v) is 36.8. The second-order valence-electron chi connectivity index (χ2n) is 17.6. The van der Waals surface area contributed by atoms with Gasteiger partial charge in [-0.25, -0.2) is 4.98 Å². The van der Waals surface area contributed by atoms with Crippen LogP contribution < -0.4 is 0 Å². The summed E-state index contributed by atoms with van der Waals surface area (Å²) in [5.41, 5.74) is 11.8. The van der Waals surface area contributed by atoms with E-state index in [1.807, 2.05) is 0 Å². The number of rotatable bonds is 6. The van der Waals surface area contributed by atoms with Crippen LogP contribution in [0.25, 0.3) is 133 Å². The van der Waals surface area contributed by atoms with Gasteiger partial charge in [0, 0.05) is 38.4 Å². The topological polar surface area (TPSA) is 48.5 Å². The summed E-state index contributed by atoms with van der Waals surface area (Å²) in [4.78, 5) is 16.4. The number of para-hydroxylation sites is 2. The molecular formula is C63H39N5. The number of hydrogen-bond donors (Lipinski definition) is 0. The Hall–Kier alpha value is -9.19. The summed E-state index contributed by atoms with van der Waals surface area (Å²) in [6.45, 7) is 0. The summed E-state index contributed by atoms with van der Waals surface area (Å²) >= 11 is 0. The van der Waals surface area contributed by atoms with Gasteiger partial charge in [-0.15, -0.1) is 0 Å². The molecule has 0 atom stereocenters. The smallest absolute Gasteiger partial charge is 0.238 e. The van der Waals surface area contributed by atoms with Crippen molar-refractivity contribution in [1.29, 1.82) is 0 Å². The van der Waals surface area contributed by atoms with Crippen LogP contribution in [0.1, 0.15) is 0 Å². The van der Waals surface area contributed by atoms with Gasteiger partial charge in [-0.3, -0.25) is 4.57 Å². The van der Waals surface area contributed by atoms with Crippen LogP contribution in [0.5, 0.6) is 0 Å². The first-order valence-electron chi connectivity index (χ1n) is 23.1. The lowest BCUT2D eigenvalue weighted by atomic mass is 9.93. The van der Waals surface area contributed by atoms with Gasteiger partial charge in [0.25, 0.3) is 0 Å². The van der Waals surface area contributed by atoms with Gasteiger partial charge < -0.3 is 4.57 Å². The summed E-state index contributed by atoms with van der Waals surface area (Å²) in [5, 5.41) is 11.8. The second-order valence-corrected chi connectivity index (χ2v) is 17.6. The molecule has 0 fully saturated rings. The van der Waals surface area contributed by atoms with Gasteiger partial charge in [-0.1, -0.05) is 200 Å². The summed E-state index contributed by atoms with van der Waals surface area (Å²) < 4.78 is 4.70. The fraction of sp³-hybridized carbons (Fsp3) is 0. The predicted molar refractivity (Wildman–Crippen MR) is 283 cm³/mol. The van der Waals surface area contributed by atoms with Crippen LogP contribution in [0.15, 0.2) is 237 Å². The van der Waals surface area contributed by atoms with Crippen molar-refractivity contribution in [2.24, 2.45) is 0 Å². The minimum atomic E-state index is 0.550. The molecular weight excluding hydrogens is 827 g/mol. The average molecular weight is 866 g/mol. The van der Waals surface area contributed by atoms with E-state index in [4.69, 9.17) is 15.0 Å². The molecule has 68 heavy (non-hydrogen) atoms. The third kappa shape index (κ3) is 5.93. The molecule has 0 bridgehead atoms. The standard InChI is InChI=1S/C63H39N5/c1-3-16-40(17-4-1)42-30-33-46(34-31-42)67-57-28-13-11-26-52(57)54-36-37-55-53-27-12-14-29-58(53)68(60(55)59(54)67)63-65-61(44-21-15-20-43(38-44)41-18-5-2-6-19-41)64-62(66-63)45-32-35-51-49-24-8-7-22-47(49)48-23-9-10-25-50(48)56(51)39-45/h1-39H. The van der Waals surface area contributed by atoms with Gasteiger partial charge in [0.15, 0.2) is 11.6 Å². The van der Waals surface area contributed by atoms with E-state index < -0.39 is 0 Å². The molecule has 14 rings (SSSR count). The molecule has 0 amide bonds. The minimum Gasteiger partial charge on any atom is -0.307 e. The lowest BCUT2D eigenvalue weighted by Crippen LogP contribution is -2.07. The molecule has 0 unspecified atom stereocenters. The molecule has 0 radical (unpaired) electrons. The molecule has 0 aliphatic rings. The summed E-state index contributed by atoms with van der Waals surface area (Å²) in [6, 6.07) is 84.5. The van der Waals surface area contributed by atoms with Crippen molar-refractivity contribution in [3.8, 4) is 56.7 Å². The predicted octanol–water partition coefficient (Wildman–Crippen LogP) is 16.2. The van der Waals surface area contributed by atoms with E-state index >= 15 is 0 Å². The first-order valence-corrected chi connectivity index (χ1v) is 23.1. The molecule has 0 spiro atoms. The third-order valence-electron chi connectivity index (χ3n) is 13.8. The maximum absolute atomic E-state index is 5.54. The van der Waals surface area contributed by atoms with Crippen LogP contribution >= 0.6 is 0 Å². The van der Waals surface area contributed by atoms with Crippen LogP contribution in [-0.2, 0) is 0 Å². The Kier molecular flexibility index (Phi) is 8.52. The molecule has 3 heterocycles. The second kappa shape index (κ2) is 15.2. The molecule has 14 aromatic rings. The Morgan fingerprint density at radius 2 is 0.632 bits per heavy atom. The van der Waals surface area contributed by atoms with Crippen molar-refractivity contribution in [3.05, 3.63) is 237 Å². The van der Waals surface area contributed by atoms with E-state index in [1.165, 1.54) is 43.4 Å². The molecule has 0 saturated carbocycles. The third-order valence-corrected chi connectivity index (χ3v) is 13.8. The van der Waals surface area contributed by atoms with Crippen molar-refractivity contribution >= 4 is 75.9 Å². The zero-order valence-electron chi connectivity index (χ0n) is 36.8. The number of nitrogens with zero attached hydrogens (tertiary/aromatic N) is 5. The molecule has 11 aromatic carbocycles. The van der Waals surface area contributed by atoms with E-state index in [0.717, 1.165) is 71.6 Å². The van der Waals surface area contributed by atoms with Crippen molar-refractivity contribution in [3.63, 3.8) is 0 Å². The van der Waals surface area contributed by atoms with E-state index in [9.17, 15) is 0 Å². The van der Waals surface area contributed by atoms with Crippen LogP contribution in [0.2, 0.25) is 0 Å². The van der Waals surface area contributed by atoms with Crippen molar-refractivity contribution in [1.82, 2.24) is 24.1 Å². The van der Waals surface area contributed by atoms with Gasteiger partial charge in [-0.2, -0.15) is 9.97 Å². The van der Waals surface area contributed by atoms with Crippen LogP contribution in [0.4, 0.5) is 0 Å². The van der Waals surface area contributed by atoms with Crippen LogP contribution in [0, 0.1) is 0 Å². The number of hydrogen-bond acceptors (Lipinski definition) is 3. The monoisotopic (exact) mass is 865 g/mol. The fourth-order valence-electron chi connectivity index (χ4n) is 10.6. The summed E-state index contributed by atoms with van der Waals surface area (Å²) in [7, 11) is 0. The van der Waals surface area contributed by atoms with E-state index in [2.05, 4.69) is 246 Å². The molecule has 0 aliphatic heterocycles. The van der Waals surface area contributed by atoms with Gasteiger partial charge in [0.05, 0.1) is 22.1 Å². The number of aromatic nitrogens is 5. The van der Waals surface area contributed by atoms with Crippen molar-refractivity contribution < 1.29 is 0 Å². The molecule has 0 saturated heterocycles. The Balaban J connectivity index is 1.07. The van der Waals surface area contributed by atoms with Gasteiger partial charge in [-0.05, 0) is 91.0 Å². The SMILES string of the molecule is c1ccc(-c2ccc(-n3c4ccccc4c4ccc5c6ccccc6n(-c6nc(-c7cccc(-c8ccccc8)c7)nc(-c7ccc8c9ccccc9c9ccccc9c8c7)n6)c5c43)cc2)cc1. The highest BCUT2D eigenvalue weighted by molar-refractivity contribution is 6.26. The molecule has 0 aliphatic carbocycles. The summed E-state index contributed by atoms with van der Waals surface area (Å²) in [5.74, 6) is 1.75. The Morgan fingerprint density at radius 3 is 1.24 bits per heavy atom. The largest absolute Gasteiger partial charge is 0.307 e. The Labute approximate surface area is 391 Å². The van der Waals surface area contributed by atoms with Crippen molar-refractivity contribution in [2.45, 2.75) is 0 Å². The Morgan fingerprint density at radius 1 is 0.235 bits per heavy atom. The normalized spacial score (nSPS) is 11.8. The number of fused-ring (bicyclic) bond motifs is 13.